The quantitative estimate of drug-likeness (QED) is 0.789. The number of carbonyl (C=O) groups excluding carboxylic acids is 2. The molecule has 1 aliphatic heterocycles. The van der Waals surface area contributed by atoms with Crippen LogP contribution in [0.15, 0.2) is 30.3 Å². The molecule has 1 aromatic carbocycles. The zero-order valence-electron chi connectivity index (χ0n) is 12.3. The first kappa shape index (κ1) is 14.6. The van der Waals surface area contributed by atoms with E-state index in [-0.39, 0.29) is 17.9 Å². The number of Topliss-reactive ketones (excluding diaryl/α,β-unsaturated/α-hetero) is 1. The number of hydrogen-bond donors (Lipinski definition) is 0. The Labute approximate surface area is 119 Å². The predicted molar refractivity (Wildman–Crippen MR) is 76.4 cm³/mol. The van der Waals surface area contributed by atoms with Crippen molar-refractivity contribution in [2.45, 2.75) is 45.3 Å². The van der Waals surface area contributed by atoms with E-state index in [0.717, 1.165) is 5.56 Å². The molecule has 4 heteroatoms. The summed E-state index contributed by atoms with van der Waals surface area (Å²) in [5, 5.41) is 0. The van der Waals surface area contributed by atoms with Crippen LogP contribution < -0.4 is 0 Å². The van der Waals surface area contributed by atoms with Crippen LogP contribution in [0.5, 0.6) is 0 Å². The fraction of sp³-hybridized carbons (Fsp3) is 0.500. The summed E-state index contributed by atoms with van der Waals surface area (Å²) in [6.45, 7) is 5.96. The maximum Gasteiger partial charge on any atom is 0.410 e. The number of ether oxygens (including phenoxy) is 1. The highest BCUT2D eigenvalue weighted by Crippen LogP contribution is 2.30. The van der Waals surface area contributed by atoms with Gasteiger partial charge in [-0.15, -0.1) is 0 Å². The van der Waals surface area contributed by atoms with Gasteiger partial charge in [-0.25, -0.2) is 4.79 Å². The molecule has 2 rings (SSSR count). The highest BCUT2D eigenvalue weighted by atomic mass is 16.6. The van der Waals surface area contributed by atoms with E-state index in [2.05, 4.69) is 0 Å². The van der Waals surface area contributed by atoms with Gasteiger partial charge in [0, 0.05) is 19.4 Å². The van der Waals surface area contributed by atoms with E-state index in [9.17, 15) is 9.59 Å². The van der Waals surface area contributed by atoms with Gasteiger partial charge in [0.2, 0.25) is 0 Å². The summed E-state index contributed by atoms with van der Waals surface area (Å²) < 4.78 is 5.44. The molecule has 1 saturated heterocycles. The number of piperidine rings is 1. The second-order valence-electron chi connectivity index (χ2n) is 6.09. The molecule has 1 amide bonds. The lowest BCUT2D eigenvalue weighted by Crippen LogP contribution is -2.43. The summed E-state index contributed by atoms with van der Waals surface area (Å²) in [6.07, 6.45) is 0.421. The largest absolute Gasteiger partial charge is 0.444 e. The van der Waals surface area contributed by atoms with Crippen LogP contribution in [0.3, 0.4) is 0 Å². The lowest BCUT2D eigenvalue weighted by molar-refractivity contribution is -0.123. The highest BCUT2D eigenvalue weighted by molar-refractivity contribution is 5.82. The zero-order valence-corrected chi connectivity index (χ0v) is 12.3. The van der Waals surface area contributed by atoms with Crippen LogP contribution in [0, 0.1) is 0 Å². The van der Waals surface area contributed by atoms with Gasteiger partial charge < -0.3 is 9.64 Å². The number of carbonyl (C=O) groups is 2. The third kappa shape index (κ3) is 3.59. The van der Waals surface area contributed by atoms with Crippen molar-refractivity contribution in [2.75, 3.05) is 6.54 Å². The number of benzene rings is 1. The molecule has 0 radical (unpaired) electrons. The van der Waals surface area contributed by atoms with Crippen molar-refractivity contribution >= 4 is 11.9 Å². The summed E-state index contributed by atoms with van der Waals surface area (Å²) in [5.74, 6) is 0.193. The summed E-state index contributed by atoms with van der Waals surface area (Å²) in [6, 6.07) is 9.43. The maximum absolute atomic E-state index is 12.3. The van der Waals surface area contributed by atoms with Gasteiger partial charge in [0.25, 0.3) is 0 Å². The Balaban J connectivity index is 2.21. The number of likely N-dealkylation sites (tertiary alicyclic amines) is 1. The smallest absolute Gasteiger partial charge is 0.410 e. The Morgan fingerprint density at radius 3 is 2.50 bits per heavy atom. The van der Waals surface area contributed by atoms with Gasteiger partial charge in [-0.3, -0.25) is 4.79 Å². The van der Waals surface area contributed by atoms with Crippen molar-refractivity contribution in [1.82, 2.24) is 4.90 Å². The molecule has 1 aromatic rings. The second kappa shape index (κ2) is 5.65. The van der Waals surface area contributed by atoms with E-state index in [4.69, 9.17) is 4.74 Å². The minimum absolute atomic E-state index is 0.193. The normalized spacial score (nSPS) is 19.9. The van der Waals surface area contributed by atoms with Gasteiger partial charge in [0.05, 0.1) is 6.04 Å². The molecule has 0 saturated carbocycles. The molecule has 1 heterocycles. The average Bonchev–Trinajstić information content (AvgIpc) is 2.37. The van der Waals surface area contributed by atoms with Gasteiger partial charge in [-0.2, -0.15) is 0 Å². The molecule has 0 N–H and O–H groups in total. The monoisotopic (exact) mass is 275 g/mol. The highest BCUT2D eigenvalue weighted by Gasteiger charge is 2.34. The lowest BCUT2D eigenvalue weighted by Gasteiger charge is -2.36. The summed E-state index contributed by atoms with van der Waals surface area (Å²) in [5.41, 5.74) is 0.450. The minimum Gasteiger partial charge on any atom is -0.444 e. The van der Waals surface area contributed by atoms with E-state index in [1.165, 1.54) is 0 Å². The number of rotatable bonds is 1. The number of nitrogens with zero attached hydrogens (tertiary/aromatic N) is 1. The van der Waals surface area contributed by atoms with Crippen molar-refractivity contribution in [1.29, 1.82) is 0 Å². The van der Waals surface area contributed by atoms with Gasteiger partial charge in [0.1, 0.15) is 11.4 Å². The first-order valence-electron chi connectivity index (χ1n) is 6.93. The summed E-state index contributed by atoms with van der Waals surface area (Å²) >= 11 is 0. The second-order valence-corrected chi connectivity index (χ2v) is 6.09. The molecule has 108 valence electrons. The maximum atomic E-state index is 12.3. The third-order valence-electron chi connectivity index (χ3n) is 3.24. The molecular formula is C16H21NO3. The summed E-state index contributed by atoms with van der Waals surface area (Å²) in [7, 11) is 0. The van der Waals surface area contributed by atoms with Gasteiger partial charge >= 0.3 is 6.09 Å². The molecular weight excluding hydrogens is 254 g/mol. The molecule has 0 aliphatic carbocycles. The van der Waals surface area contributed by atoms with Gasteiger partial charge in [-0.05, 0) is 26.3 Å². The Hall–Kier alpha value is -1.84. The molecule has 0 spiro atoms. The van der Waals surface area contributed by atoms with Crippen LogP contribution in [0.4, 0.5) is 4.79 Å². The van der Waals surface area contributed by atoms with Crippen molar-refractivity contribution in [3.05, 3.63) is 35.9 Å². The van der Waals surface area contributed by atoms with Crippen LogP contribution >= 0.6 is 0 Å². The van der Waals surface area contributed by atoms with Gasteiger partial charge in [-0.1, -0.05) is 30.3 Å². The molecule has 4 nitrogen and oxygen atoms in total. The minimum atomic E-state index is -0.528. The Kier molecular flexibility index (Phi) is 4.12. The third-order valence-corrected chi connectivity index (χ3v) is 3.24. The van der Waals surface area contributed by atoms with E-state index < -0.39 is 5.60 Å². The number of hydrogen-bond acceptors (Lipinski definition) is 3. The SMILES string of the molecule is CC(C)(C)OC(=O)N1CCC(=O)C[C@H]1c1ccccc1. The molecule has 20 heavy (non-hydrogen) atoms. The average molecular weight is 275 g/mol. The number of ketones is 1. The molecule has 1 atom stereocenters. The zero-order chi connectivity index (χ0) is 14.8. The van der Waals surface area contributed by atoms with Crippen LogP contribution in [-0.2, 0) is 9.53 Å². The Bertz CT molecular complexity index is 490. The van der Waals surface area contributed by atoms with E-state index in [1.54, 1.807) is 4.90 Å². The first-order chi connectivity index (χ1) is 9.37. The van der Waals surface area contributed by atoms with Crippen LogP contribution in [0.25, 0.3) is 0 Å². The standard InChI is InChI=1S/C16H21NO3/c1-16(2,3)20-15(19)17-10-9-13(18)11-14(17)12-7-5-4-6-8-12/h4-8,14H,9-11H2,1-3H3/t14-/m0/s1. The van der Waals surface area contributed by atoms with E-state index in [1.807, 2.05) is 51.1 Å². The number of amides is 1. The first-order valence-corrected chi connectivity index (χ1v) is 6.93. The molecule has 0 bridgehead atoms. The summed E-state index contributed by atoms with van der Waals surface area (Å²) in [4.78, 5) is 25.7. The fourth-order valence-electron chi connectivity index (χ4n) is 2.34. The van der Waals surface area contributed by atoms with E-state index >= 15 is 0 Å². The van der Waals surface area contributed by atoms with Crippen molar-refractivity contribution in [3.8, 4) is 0 Å². The predicted octanol–water partition coefficient (Wildman–Crippen LogP) is 3.33. The van der Waals surface area contributed by atoms with Gasteiger partial charge in [0.15, 0.2) is 0 Å². The fourth-order valence-corrected chi connectivity index (χ4v) is 2.34. The van der Waals surface area contributed by atoms with Crippen LogP contribution in [-0.4, -0.2) is 28.9 Å². The molecule has 0 unspecified atom stereocenters. The van der Waals surface area contributed by atoms with Crippen LogP contribution in [0.2, 0.25) is 0 Å². The lowest BCUT2D eigenvalue weighted by atomic mass is 9.95. The molecule has 1 aliphatic rings. The topological polar surface area (TPSA) is 46.6 Å². The molecule has 1 fully saturated rings. The van der Waals surface area contributed by atoms with Crippen molar-refractivity contribution in [3.63, 3.8) is 0 Å². The Morgan fingerprint density at radius 2 is 1.90 bits per heavy atom. The van der Waals surface area contributed by atoms with E-state index in [0.29, 0.717) is 19.4 Å². The Morgan fingerprint density at radius 1 is 1.25 bits per heavy atom. The van der Waals surface area contributed by atoms with Crippen LogP contribution in [0.1, 0.15) is 45.2 Å². The van der Waals surface area contributed by atoms with Crippen molar-refractivity contribution < 1.29 is 14.3 Å². The molecule has 0 aromatic heterocycles. The van der Waals surface area contributed by atoms with Crippen molar-refractivity contribution in [2.24, 2.45) is 0 Å².